The molecule has 1 atom stereocenters. The molecule has 3 aliphatic carbocycles. The molecule has 1 aliphatic heterocycles. The standard InChI is InChI=1S/C29H28N2O2/c32-31(33)26-14-12-23(13-15-26)7-6-20-30-21-16-24(17-22-30)27-10-5-9-25-8-1-3-18-29(25)19-4-2-11-28(27)29/h1-15,18H,16-17,19-22H2. The molecule has 4 aliphatic rings. The summed E-state index contributed by atoms with van der Waals surface area (Å²) in [5.74, 6) is 0. The maximum Gasteiger partial charge on any atom is 0.269 e. The summed E-state index contributed by atoms with van der Waals surface area (Å²) in [7, 11) is 0. The average molecular weight is 437 g/mol. The van der Waals surface area contributed by atoms with Gasteiger partial charge in [0.05, 0.1) is 4.92 Å². The lowest BCUT2D eigenvalue weighted by molar-refractivity contribution is -0.384. The van der Waals surface area contributed by atoms with Crippen molar-refractivity contribution in [2.45, 2.75) is 19.3 Å². The van der Waals surface area contributed by atoms with Crippen molar-refractivity contribution < 1.29 is 4.92 Å². The maximum atomic E-state index is 10.8. The zero-order valence-corrected chi connectivity index (χ0v) is 18.7. The predicted octanol–water partition coefficient (Wildman–Crippen LogP) is 6.50. The number of nitro benzene ring substituents is 1. The van der Waals surface area contributed by atoms with Crippen LogP contribution in [0.4, 0.5) is 5.69 Å². The number of rotatable bonds is 4. The maximum absolute atomic E-state index is 10.8. The van der Waals surface area contributed by atoms with E-state index < -0.39 is 0 Å². The van der Waals surface area contributed by atoms with Crippen LogP contribution in [0.15, 0.2) is 113 Å². The summed E-state index contributed by atoms with van der Waals surface area (Å²) in [4.78, 5) is 12.9. The van der Waals surface area contributed by atoms with Crippen molar-refractivity contribution in [3.63, 3.8) is 0 Å². The van der Waals surface area contributed by atoms with E-state index >= 15 is 0 Å². The number of piperidine rings is 1. The number of hydrogen-bond donors (Lipinski definition) is 0. The molecule has 1 aromatic rings. The molecule has 0 aromatic heterocycles. The highest BCUT2D eigenvalue weighted by Gasteiger charge is 2.38. The van der Waals surface area contributed by atoms with E-state index in [1.54, 1.807) is 29.8 Å². The van der Waals surface area contributed by atoms with Crippen LogP contribution in [0.3, 0.4) is 0 Å². The topological polar surface area (TPSA) is 46.4 Å². The third-order valence-electron chi connectivity index (χ3n) is 7.05. The smallest absolute Gasteiger partial charge is 0.269 e. The second-order valence-corrected chi connectivity index (χ2v) is 8.95. The normalized spacial score (nSPS) is 24.4. The molecule has 166 valence electrons. The van der Waals surface area contributed by atoms with Gasteiger partial charge in [-0.3, -0.25) is 15.0 Å². The van der Waals surface area contributed by atoms with Gasteiger partial charge >= 0.3 is 0 Å². The van der Waals surface area contributed by atoms with Crippen LogP contribution in [0.1, 0.15) is 24.8 Å². The molecule has 5 rings (SSSR count). The van der Waals surface area contributed by atoms with Crippen LogP contribution in [0, 0.1) is 15.5 Å². The van der Waals surface area contributed by atoms with Gasteiger partial charge in [-0.25, -0.2) is 0 Å². The van der Waals surface area contributed by atoms with Crippen LogP contribution in [0.5, 0.6) is 0 Å². The van der Waals surface area contributed by atoms with Crippen LogP contribution in [-0.2, 0) is 0 Å². The zero-order valence-electron chi connectivity index (χ0n) is 18.7. The summed E-state index contributed by atoms with van der Waals surface area (Å²) in [6.45, 7) is 2.98. The number of nitrogens with zero attached hydrogens (tertiary/aromatic N) is 2. The minimum absolute atomic E-state index is 0.0278. The fourth-order valence-electron chi connectivity index (χ4n) is 5.23. The van der Waals surface area contributed by atoms with E-state index in [0.717, 1.165) is 44.5 Å². The van der Waals surface area contributed by atoms with Gasteiger partial charge in [0.15, 0.2) is 0 Å². The molecule has 1 heterocycles. The highest BCUT2D eigenvalue weighted by molar-refractivity contribution is 5.62. The number of hydrogen-bond acceptors (Lipinski definition) is 3. The van der Waals surface area contributed by atoms with Gasteiger partial charge in [-0.05, 0) is 53.7 Å². The van der Waals surface area contributed by atoms with Crippen LogP contribution in [-0.4, -0.2) is 29.5 Å². The largest absolute Gasteiger partial charge is 0.299 e. The van der Waals surface area contributed by atoms with Crippen LogP contribution < -0.4 is 0 Å². The zero-order chi connectivity index (χ0) is 22.7. The molecule has 0 bridgehead atoms. The summed E-state index contributed by atoms with van der Waals surface area (Å²) >= 11 is 0. The first-order valence-corrected chi connectivity index (χ1v) is 11.6. The van der Waals surface area contributed by atoms with Crippen molar-refractivity contribution in [1.82, 2.24) is 4.90 Å². The highest BCUT2D eigenvalue weighted by atomic mass is 16.6. The lowest BCUT2D eigenvalue weighted by atomic mass is 9.65. The van der Waals surface area contributed by atoms with E-state index in [1.165, 1.54) is 16.7 Å². The van der Waals surface area contributed by atoms with Crippen molar-refractivity contribution in [1.29, 1.82) is 0 Å². The van der Waals surface area contributed by atoms with E-state index in [2.05, 4.69) is 71.7 Å². The number of nitro groups is 1. The first-order chi connectivity index (χ1) is 16.2. The van der Waals surface area contributed by atoms with Gasteiger partial charge in [-0.1, -0.05) is 78.5 Å². The molecule has 33 heavy (non-hydrogen) atoms. The molecular formula is C29H28N2O2. The van der Waals surface area contributed by atoms with Crippen molar-refractivity contribution in [3.05, 3.63) is 129 Å². The second kappa shape index (κ2) is 9.16. The molecule has 1 unspecified atom stereocenters. The Morgan fingerprint density at radius 3 is 2.61 bits per heavy atom. The Morgan fingerprint density at radius 1 is 1.00 bits per heavy atom. The van der Waals surface area contributed by atoms with Gasteiger partial charge in [0.2, 0.25) is 0 Å². The van der Waals surface area contributed by atoms with Crippen molar-refractivity contribution in [3.8, 4) is 0 Å². The van der Waals surface area contributed by atoms with E-state index in [0.29, 0.717) is 0 Å². The molecule has 4 nitrogen and oxygen atoms in total. The molecule has 1 fully saturated rings. The lowest BCUT2D eigenvalue weighted by Gasteiger charge is -2.38. The van der Waals surface area contributed by atoms with E-state index in [-0.39, 0.29) is 16.0 Å². The first-order valence-electron chi connectivity index (χ1n) is 11.6. The molecule has 0 saturated carbocycles. The Balaban J connectivity index is 1.26. The third kappa shape index (κ3) is 4.27. The molecule has 1 saturated heterocycles. The van der Waals surface area contributed by atoms with Crippen LogP contribution >= 0.6 is 0 Å². The van der Waals surface area contributed by atoms with Crippen molar-refractivity contribution in [2.24, 2.45) is 5.41 Å². The van der Waals surface area contributed by atoms with E-state index in [9.17, 15) is 10.1 Å². The van der Waals surface area contributed by atoms with Gasteiger partial charge in [-0.15, -0.1) is 0 Å². The molecule has 1 spiro atoms. The lowest BCUT2D eigenvalue weighted by Crippen LogP contribution is -2.32. The Hall–Kier alpha value is -3.50. The van der Waals surface area contributed by atoms with Gasteiger partial charge < -0.3 is 0 Å². The Bertz CT molecular complexity index is 1180. The molecule has 1 aromatic carbocycles. The quantitative estimate of drug-likeness (QED) is 0.400. The highest BCUT2D eigenvalue weighted by Crippen LogP contribution is 2.50. The van der Waals surface area contributed by atoms with Crippen LogP contribution in [0.2, 0.25) is 0 Å². The van der Waals surface area contributed by atoms with Gasteiger partial charge in [-0.2, -0.15) is 0 Å². The number of benzene rings is 1. The number of non-ortho nitro benzene ring substituents is 1. The Kier molecular flexibility index (Phi) is 5.93. The van der Waals surface area contributed by atoms with Gasteiger partial charge in [0.25, 0.3) is 5.69 Å². The van der Waals surface area contributed by atoms with Gasteiger partial charge in [0.1, 0.15) is 0 Å². The average Bonchev–Trinajstić information content (AvgIpc) is 3.02. The summed E-state index contributed by atoms with van der Waals surface area (Å²) in [6, 6.07) is 6.70. The monoisotopic (exact) mass is 436 g/mol. The molecule has 0 amide bonds. The summed E-state index contributed by atoms with van der Waals surface area (Å²) < 4.78 is 0. The Morgan fingerprint density at radius 2 is 1.82 bits per heavy atom. The first kappa shape index (κ1) is 21.4. The van der Waals surface area contributed by atoms with Crippen LogP contribution in [0.25, 0.3) is 6.08 Å². The third-order valence-corrected chi connectivity index (χ3v) is 7.05. The number of likely N-dealkylation sites (tertiary alicyclic amines) is 1. The second-order valence-electron chi connectivity index (χ2n) is 8.95. The van der Waals surface area contributed by atoms with Gasteiger partial charge in [0, 0.05) is 37.2 Å². The van der Waals surface area contributed by atoms with E-state index in [4.69, 9.17) is 0 Å². The Labute approximate surface area is 195 Å². The molecule has 0 N–H and O–H groups in total. The van der Waals surface area contributed by atoms with Crippen molar-refractivity contribution in [2.75, 3.05) is 19.6 Å². The fourth-order valence-corrected chi connectivity index (χ4v) is 5.23. The minimum Gasteiger partial charge on any atom is -0.299 e. The summed E-state index contributed by atoms with van der Waals surface area (Å²) in [5.41, 5.74) is 6.88. The SMILES string of the molecule is O=[N+]([O-])c1ccc(C=CCN2CCC(=C3C=CC=C4C=CC=CC45CC=CC=C35)CC2)cc1. The summed E-state index contributed by atoms with van der Waals surface area (Å²) in [6.07, 6.45) is 30.0. The number of allylic oxidation sites excluding steroid dienone is 13. The van der Waals surface area contributed by atoms with Crippen molar-refractivity contribution >= 4 is 11.8 Å². The molecular weight excluding hydrogens is 408 g/mol. The van der Waals surface area contributed by atoms with E-state index in [1.807, 2.05) is 6.08 Å². The molecule has 0 radical (unpaired) electrons. The fraction of sp³-hybridized carbons (Fsp3) is 0.241. The minimum atomic E-state index is -0.365. The summed E-state index contributed by atoms with van der Waals surface area (Å²) in [5, 5.41) is 10.8. The predicted molar refractivity (Wildman–Crippen MR) is 135 cm³/mol. The molecule has 4 heteroatoms.